The number of carbonyl (C=O) groups is 1. The molecule has 6 rings (SSSR count). The zero-order valence-electron chi connectivity index (χ0n) is 24.8. The van der Waals surface area contributed by atoms with Gasteiger partial charge in [-0.1, -0.05) is 73.5 Å². The van der Waals surface area contributed by atoms with E-state index >= 15 is 0 Å². The maximum atomic E-state index is 13.3. The second kappa shape index (κ2) is 12.1. The standard InChI is InChI=1S/C35H38N6O/c1-4-5-9-27-16-18-29(19-17-27)35(42)40-22-20-39(21-23-40)33-32-26(3)38-41(30-10-7-6-8-11-30)34(32)37-31(36-33)24-28-14-12-25(2)13-15-28/h6-8,10-19H,4-5,9,20-24H2,1-3H3. The lowest BCUT2D eigenvalue weighted by Crippen LogP contribution is -2.49. The number of hydrogen-bond acceptors (Lipinski definition) is 5. The molecule has 42 heavy (non-hydrogen) atoms. The fraction of sp³-hybridized carbons (Fsp3) is 0.314. The Labute approximate surface area is 247 Å². The number of para-hydroxylation sites is 1. The molecule has 2 aromatic heterocycles. The number of benzene rings is 3. The van der Waals surface area contributed by atoms with E-state index in [1.165, 1.54) is 29.5 Å². The van der Waals surface area contributed by atoms with E-state index in [1.54, 1.807) is 0 Å². The first-order chi connectivity index (χ1) is 20.5. The van der Waals surface area contributed by atoms with Crippen LogP contribution in [0.25, 0.3) is 16.7 Å². The molecule has 7 nitrogen and oxygen atoms in total. The number of unbranched alkanes of at least 4 members (excludes halogenated alkanes) is 1. The molecular weight excluding hydrogens is 520 g/mol. The van der Waals surface area contributed by atoms with E-state index in [0.29, 0.717) is 32.6 Å². The number of amides is 1. The molecule has 0 radical (unpaired) electrons. The zero-order chi connectivity index (χ0) is 29.1. The van der Waals surface area contributed by atoms with Crippen LogP contribution in [-0.4, -0.2) is 56.7 Å². The van der Waals surface area contributed by atoms with Crippen LogP contribution in [0, 0.1) is 13.8 Å². The van der Waals surface area contributed by atoms with Crippen molar-refractivity contribution in [3.8, 4) is 5.69 Å². The summed E-state index contributed by atoms with van der Waals surface area (Å²) in [6, 6.07) is 26.8. The van der Waals surface area contributed by atoms with Crippen molar-refractivity contribution in [2.75, 3.05) is 31.1 Å². The van der Waals surface area contributed by atoms with Crippen LogP contribution >= 0.6 is 0 Å². The lowest BCUT2D eigenvalue weighted by atomic mass is 10.1. The van der Waals surface area contributed by atoms with Gasteiger partial charge < -0.3 is 9.80 Å². The molecule has 1 aliphatic rings. The SMILES string of the molecule is CCCCc1ccc(C(=O)N2CCN(c3nc(Cc4ccc(C)cc4)nc4c3c(C)nn4-c3ccccc3)CC2)cc1. The number of fused-ring (bicyclic) bond motifs is 1. The Kier molecular flexibility index (Phi) is 8.00. The van der Waals surface area contributed by atoms with Crippen LogP contribution in [-0.2, 0) is 12.8 Å². The van der Waals surface area contributed by atoms with Gasteiger partial charge in [-0.05, 0) is 62.1 Å². The Balaban J connectivity index is 1.28. The topological polar surface area (TPSA) is 67.2 Å². The highest BCUT2D eigenvalue weighted by atomic mass is 16.2. The van der Waals surface area contributed by atoms with Gasteiger partial charge in [-0.25, -0.2) is 14.6 Å². The van der Waals surface area contributed by atoms with E-state index in [-0.39, 0.29) is 5.91 Å². The van der Waals surface area contributed by atoms with Gasteiger partial charge in [0.25, 0.3) is 5.91 Å². The number of carbonyl (C=O) groups excluding carboxylic acids is 1. The van der Waals surface area contributed by atoms with Crippen molar-refractivity contribution < 1.29 is 4.79 Å². The van der Waals surface area contributed by atoms with Crippen molar-refractivity contribution in [1.29, 1.82) is 0 Å². The smallest absolute Gasteiger partial charge is 0.253 e. The van der Waals surface area contributed by atoms with E-state index in [0.717, 1.165) is 46.0 Å². The Hall–Kier alpha value is -4.52. The third-order valence-electron chi connectivity index (χ3n) is 8.10. The van der Waals surface area contributed by atoms with Crippen molar-refractivity contribution in [2.45, 2.75) is 46.5 Å². The second-order valence-electron chi connectivity index (χ2n) is 11.2. The lowest BCUT2D eigenvalue weighted by Gasteiger charge is -2.36. The molecule has 0 aliphatic carbocycles. The molecule has 214 valence electrons. The molecule has 5 aromatic rings. The van der Waals surface area contributed by atoms with E-state index in [1.807, 2.05) is 59.0 Å². The molecule has 0 N–H and O–H groups in total. The summed E-state index contributed by atoms with van der Waals surface area (Å²) < 4.78 is 1.93. The van der Waals surface area contributed by atoms with Gasteiger partial charge in [-0.3, -0.25) is 4.79 Å². The molecule has 0 saturated carbocycles. The Morgan fingerprint density at radius 3 is 2.19 bits per heavy atom. The van der Waals surface area contributed by atoms with Gasteiger partial charge in [0, 0.05) is 38.2 Å². The van der Waals surface area contributed by atoms with Gasteiger partial charge in [-0.15, -0.1) is 0 Å². The molecular formula is C35H38N6O. The summed E-state index contributed by atoms with van der Waals surface area (Å²) >= 11 is 0. The minimum atomic E-state index is 0.0951. The minimum Gasteiger partial charge on any atom is -0.352 e. The van der Waals surface area contributed by atoms with Crippen LogP contribution < -0.4 is 4.90 Å². The molecule has 1 saturated heterocycles. The van der Waals surface area contributed by atoms with E-state index in [2.05, 4.69) is 55.1 Å². The highest BCUT2D eigenvalue weighted by Gasteiger charge is 2.27. The third kappa shape index (κ3) is 5.77. The maximum absolute atomic E-state index is 13.3. The van der Waals surface area contributed by atoms with Gasteiger partial charge in [-0.2, -0.15) is 5.10 Å². The van der Waals surface area contributed by atoms with Crippen molar-refractivity contribution in [2.24, 2.45) is 0 Å². The largest absolute Gasteiger partial charge is 0.352 e. The van der Waals surface area contributed by atoms with Gasteiger partial charge in [0.2, 0.25) is 0 Å². The quantitative estimate of drug-likeness (QED) is 0.223. The maximum Gasteiger partial charge on any atom is 0.253 e. The average Bonchev–Trinajstić information content (AvgIpc) is 3.37. The van der Waals surface area contributed by atoms with Crippen LogP contribution in [0.2, 0.25) is 0 Å². The van der Waals surface area contributed by atoms with Crippen LogP contribution in [0.5, 0.6) is 0 Å². The van der Waals surface area contributed by atoms with Gasteiger partial charge >= 0.3 is 0 Å². The summed E-state index contributed by atoms with van der Waals surface area (Å²) in [5.74, 6) is 1.76. The Morgan fingerprint density at radius 2 is 1.50 bits per heavy atom. The second-order valence-corrected chi connectivity index (χ2v) is 11.2. The predicted molar refractivity (Wildman–Crippen MR) is 169 cm³/mol. The van der Waals surface area contributed by atoms with E-state index in [9.17, 15) is 4.79 Å². The fourth-order valence-electron chi connectivity index (χ4n) is 5.65. The number of aromatic nitrogens is 4. The van der Waals surface area contributed by atoms with Crippen LogP contribution in [0.4, 0.5) is 5.82 Å². The molecule has 3 heterocycles. The van der Waals surface area contributed by atoms with Crippen molar-refractivity contribution in [3.63, 3.8) is 0 Å². The molecule has 3 aromatic carbocycles. The molecule has 0 spiro atoms. The number of hydrogen-bond donors (Lipinski definition) is 0. The number of anilines is 1. The Morgan fingerprint density at radius 1 is 0.810 bits per heavy atom. The molecule has 1 fully saturated rings. The summed E-state index contributed by atoms with van der Waals surface area (Å²) in [6.45, 7) is 9.00. The zero-order valence-corrected chi connectivity index (χ0v) is 24.8. The number of nitrogens with zero attached hydrogens (tertiary/aromatic N) is 6. The molecule has 0 unspecified atom stereocenters. The summed E-state index contributed by atoms with van der Waals surface area (Å²) in [5, 5.41) is 5.87. The van der Waals surface area contributed by atoms with E-state index < -0.39 is 0 Å². The number of piperazine rings is 1. The lowest BCUT2D eigenvalue weighted by molar-refractivity contribution is 0.0746. The van der Waals surface area contributed by atoms with E-state index in [4.69, 9.17) is 15.1 Å². The van der Waals surface area contributed by atoms with Gasteiger partial charge in [0.1, 0.15) is 11.6 Å². The first-order valence-corrected chi connectivity index (χ1v) is 15.0. The highest BCUT2D eigenvalue weighted by molar-refractivity contribution is 5.95. The molecule has 0 atom stereocenters. The minimum absolute atomic E-state index is 0.0951. The highest BCUT2D eigenvalue weighted by Crippen LogP contribution is 2.30. The first kappa shape index (κ1) is 27.6. The summed E-state index contributed by atoms with van der Waals surface area (Å²) in [7, 11) is 0. The summed E-state index contributed by atoms with van der Waals surface area (Å²) in [6.07, 6.45) is 4.03. The average molecular weight is 559 g/mol. The van der Waals surface area contributed by atoms with Crippen LogP contribution in [0.3, 0.4) is 0 Å². The van der Waals surface area contributed by atoms with Crippen molar-refractivity contribution in [3.05, 3.63) is 113 Å². The normalized spacial score (nSPS) is 13.6. The number of rotatable bonds is 8. The third-order valence-corrected chi connectivity index (χ3v) is 8.10. The molecule has 1 aliphatic heterocycles. The van der Waals surface area contributed by atoms with Gasteiger partial charge in [0.05, 0.1) is 16.8 Å². The van der Waals surface area contributed by atoms with Crippen LogP contribution in [0.1, 0.15) is 58.3 Å². The molecule has 0 bridgehead atoms. The van der Waals surface area contributed by atoms with Crippen molar-refractivity contribution >= 4 is 22.8 Å². The summed E-state index contributed by atoms with van der Waals surface area (Å²) in [4.78, 5) is 27.8. The number of aryl methyl sites for hydroxylation is 3. The summed E-state index contributed by atoms with van der Waals surface area (Å²) in [5.41, 5.74) is 7.13. The fourth-order valence-corrected chi connectivity index (χ4v) is 5.65. The van der Waals surface area contributed by atoms with Gasteiger partial charge in [0.15, 0.2) is 5.65 Å². The van der Waals surface area contributed by atoms with Crippen LogP contribution in [0.15, 0.2) is 78.9 Å². The first-order valence-electron chi connectivity index (χ1n) is 15.0. The van der Waals surface area contributed by atoms with Crippen molar-refractivity contribution in [1.82, 2.24) is 24.6 Å². The Bertz CT molecular complexity index is 1670. The molecule has 1 amide bonds. The predicted octanol–water partition coefficient (Wildman–Crippen LogP) is 6.33. The monoisotopic (exact) mass is 558 g/mol. The molecule has 7 heteroatoms.